The van der Waals surface area contributed by atoms with E-state index in [-0.39, 0.29) is 0 Å². The van der Waals surface area contributed by atoms with Gasteiger partial charge in [-0.3, -0.25) is 0 Å². The van der Waals surface area contributed by atoms with Gasteiger partial charge >= 0.3 is 0 Å². The van der Waals surface area contributed by atoms with Crippen molar-refractivity contribution in [3.8, 4) is 0 Å². The molecule has 0 aliphatic rings. The Morgan fingerprint density at radius 3 is 2.00 bits per heavy atom. The predicted molar refractivity (Wildman–Crippen MR) is 55.1 cm³/mol. The van der Waals surface area contributed by atoms with Crippen LogP contribution in [-0.4, -0.2) is 30.5 Å². The van der Waals surface area contributed by atoms with Gasteiger partial charge in [-0.2, -0.15) is 0 Å². The van der Waals surface area contributed by atoms with Crippen molar-refractivity contribution in [2.75, 3.05) is 14.1 Å². The largest absolute Gasteiger partial charge is 0.305 e. The van der Waals surface area contributed by atoms with Crippen molar-refractivity contribution < 1.29 is 0 Å². The Kier molecular flexibility index (Phi) is 4.96. The first kappa shape index (κ1) is 11.1. The lowest BCUT2D eigenvalue weighted by Gasteiger charge is -2.33. The second-order valence-corrected chi connectivity index (χ2v) is 4.75. The van der Waals surface area contributed by atoms with Crippen LogP contribution in [0.15, 0.2) is 0 Å². The minimum atomic E-state index is 0.380. The van der Waals surface area contributed by atoms with Gasteiger partial charge in [-0.25, -0.2) is 0 Å². The van der Waals surface area contributed by atoms with E-state index in [9.17, 15) is 0 Å². The minimum absolute atomic E-state index is 0.380. The Morgan fingerprint density at radius 1 is 1.27 bits per heavy atom. The third-order valence-electron chi connectivity index (χ3n) is 2.25. The molecule has 0 atom stereocenters. The molecular formula is C8H22N2Si. The summed E-state index contributed by atoms with van der Waals surface area (Å²) < 4.78 is 0. The molecule has 11 heavy (non-hydrogen) atoms. The monoisotopic (exact) mass is 174 g/mol. The van der Waals surface area contributed by atoms with E-state index in [4.69, 9.17) is 0 Å². The van der Waals surface area contributed by atoms with Crippen LogP contribution in [0.2, 0.25) is 6.04 Å². The third kappa shape index (κ3) is 3.36. The third-order valence-corrected chi connectivity index (χ3v) is 2.75. The van der Waals surface area contributed by atoms with E-state index in [1.54, 1.807) is 0 Å². The Morgan fingerprint density at radius 2 is 1.73 bits per heavy atom. The Balaban J connectivity index is 4.00. The van der Waals surface area contributed by atoms with E-state index in [1.165, 1.54) is 22.7 Å². The number of hydrogen-bond donors (Lipinski definition) is 2. The van der Waals surface area contributed by atoms with Crippen LogP contribution in [0.4, 0.5) is 0 Å². The van der Waals surface area contributed by atoms with E-state index in [0.29, 0.717) is 11.6 Å². The molecule has 0 amide bonds. The summed E-state index contributed by atoms with van der Waals surface area (Å²) in [6.07, 6.45) is 1.75. The normalized spacial score (nSPS) is 12.8. The molecule has 0 unspecified atom stereocenters. The molecule has 0 radical (unpaired) electrons. The van der Waals surface area contributed by atoms with Crippen molar-refractivity contribution in [2.45, 2.75) is 32.5 Å². The number of hydrogen-bond acceptors (Lipinski definition) is 2. The summed E-state index contributed by atoms with van der Waals surface area (Å²) in [5, 5.41) is 6.56. The van der Waals surface area contributed by atoms with E-state index in [2.05, 4.69) is 24.5 Å². The van der Waals surface area contributed by atoms with Crippen LogP contribution < -0.4 is 10.6 Å². The summed E-state index contributed by atoms with van der Waals surface area (Å²) in [6.45, 7) is 4.62. The summed E-state index contributed by atoms with van der Waals surface area (Å²) in [4.78, 5) is 0. The zero-order chi connectivity index (χ0) is 8.91. The van der Waals surface area contributed by atoms with Crippen LogP contribution in [0.5, 0.6) is 0 Å². The van der Waals surface area contributed by atoms with Crippen molar-refractivity contribution >= 4 is 10.2 Å². The second-order valence-electron chi connectivity index (χ2n) is 3.75. The maximum atomic E-state index is 3.28. The highest BCUT2D eigenvalue weighted by Gasteiger charge is 2.25. The quantitative estimate of drug-likeness (QED) is 0.451. The zero-order valence-corrected chi connectivity index (χ0v) is 10.5. The molecule has 2 N–H and O–H groups in total. The van der Waals surface area contributed by atoms with Gasteiger partial charge in [0.15, 0.2) is 0 Å². The topological polar surface area (TPSA) is 24.1 Å². The Bertz CT molecular complexity index is 100. The smallest absolute Gasteiger partial charge is 0.0619 e. The van der Waals surface area contributed by atoms with E-state index in [1.807, 2.05) is 14.1 Å². The molecule has 0 bridgehead atoms. The summed E-state index contributed by atoms with van der Waals surface area (Å²) in [6, 6.07) is 1.38. The van der Waals surface area contributed by atoms with Crippen LogP contribution in [0.1, 0.15) is 20.3 Å². The van der Waals surface area contributed by atoms with Gasteiger partial charge in [0.1, 0.15) is 0 Å². The predicted octanol–water partition coefficient (Wildman–Crippen LogP) is -0.0487. The highest BCUT2D eigenvalue weighted by molar-refractivity contribution is 6.08. The Hall–Kier alpha value is 0.137. The fourth-order valence-corrected chi connectivity index (χ4v) is 3.00. The lowest BCUT2D eigenvalue weighted by Crippen LogP contribution is -2.49. The molecule has 2 nitrogen and oxygen atoms in total. The van der Waals surface area contributed by atoms with Crippen molar-refractivity contribution in [3.05, 3.63) is 0 Å². The zero-order valence-electron chi connectivity index (χ0n) is 8.49. The van der Waals surface area contributed by atoms with Gasteiger partial charge in [0, 0.05) is 10.2 Å². The van der Waals surface area contributed by atoms with Crippen molar-refractivity contribution in [3.63, 3.8) is 0 Å². The lowest BCUT2D eigenvalue weighted by atomic mass is 9.86. The van der Waals surface area contributed by atoms with Crippen LogP contribution in [-0.2, 0) is 0 Å². The van der Waals surface area contributed by atoms with E-state index < -0.39 is 0 Å². The first-order chi connectivity index (χ1) is 5.08. The molecule has 0 spiro atoms. The highest BCUT2D eigenvalue weighted by atomic mass is 28.1. The molecule has 0 aromatic carbocycles. The van der Waals surface area contributed by atoms with Gasteiger partial charge in [0.2, 0.25) is 0 Å². The van der Waals surface area contributed by atoms with Crippen LogP contribution >= 0.6 is 0 Å². The molecular weight excluding hydrogens is 152 g/mol. The average molecular weight is 174 g/mol. The fourth-order valence-electron chi connectivity index (χ4n) is 1.71. The van der Waals surface area contributed by atoms with E-state index in [0.717, 1.165) is 0 Å². The molecule has 0 fully saturated rings. The van der Waals surface area contributed by atoms with Gasteiger partial charge < -0.3 is 10.6 Å². The molecule has 0 rings (SSSR count). The van der Waals surface area contributed by atoms with Gasteiger partial charge in [0.05, 0.1) is 6.17 Å². The van der Waals surface area contributed by atoms with Gasteiger partial charge in [-0.15, -0.1) is 0 Å². The molecule has 0 saturated heterocycles. The fraction of sp³-hybridized carbons (Fsp3) is 1.00. The molecule has 3 heteroatoms. The lowest BCUT2D eigenvalue weighted by molar-refractivity contribution is 0.215. The minimum Gasteiger partial charge on any atom is -0.305 e. The van der Waals surface area contributed by atoms with Crippen molar-refractivity contribution in [2.24, 2.45) is 5.41 Å². The number of nitrogens with one attached hydrogen (secondary N) is 2. The SMILES string of the molecule is CNC(NC)C(C)(C)CC[SiH3]. The van der Waals surface area contributed by atoms with Gasteiger partial charge in [-0.1, -0.05) is 19.9 Å². The van der Waals surface area contributed by atoms with Crippen LogP contribution in [0, 0.1) is 5.41 Å². The summed E-state index contributed by atoms with van der Waals surface area (Å²) in [5.41, 5.74) is 0.380. The molecule has 0 aromatic heterocycles. The first-order valence-electron chi connectivity index (χ1n) is 4.43. The average Bonchev–Trinajstić information content (AvgIpc) is 1.89. The van der Waals surface area contributed by atoms with Crippen molar-refractivity contribution in [1.82, 2.24) is 10.6 Å². The molecule has 0 saturated carbocycles. The molecule has 0 aliphatic carbocycles. The standard InChI is InChI=1S/C8H22N2Si/c1-8(2,5-6-11)7(9-3)10-4/h7,9-10H,5-6H2,1-4,11H3. The van der Waals surface area contributed by atoms with Gasteiger partial charge in [-0.05, 0) is 25.9 Å². The van der Waals surface area contributed by atoms with E-state index >= 15 is 0 Å². The number of rotatable bonds is 5. The van der Waals surface area contributed by atoms with Gasteiger partial charge in [0.25, 0.3) is 0 Å². The van der Waals surface area contributed by atoms with Crippen LogP contribution in [0.25, 0.3) is 0 Å². The maximum absolute atomic E-state index is 3.28. The second kappa shape index (κ2) is 4.90. The summed E-state index contributed by atoms with van der Waals surface area (Å²) in [7, 11) is 5.34. The Labute approximate surface area is 73.6 Å². The summed E-state index contributed by atoms with van der Waals surface area (Å²) >= 11 is 0. The molecule has 68 valence electrons. The molecule has 0 aromatic rings. The highest BCUT2D eigenvalue weighted by Crippen LogP contribution is 2.24. The van der Waals surface area contributed by atoms with Crippen LogP contribution in [0.3, 0.4) is 0 Å². The summed E-state index contributed by atoms with van der Waals surface area (Å²) in [5.74, 6) is 0. The maximum Gasteiger partial charge on any atom is 0.0619 e. The van der Waals surface area contributed by atoms with Crippen molar-refractivity contribution in [1.29, 1.82) is 0 Å². The molecule has 0 aliphatic heterocycles. The first-order valence-corrected chi connectivity index (χ1v) is 5.84. The molecule has 0 heterocycles.